The SMILES string of the molecule is CC(=O)O[Si](CCc1ccc2c(c1)COC(C)O2)(OC(C)=O)OC(C)=O. The topological polar surface area (TPSA) is 97.4 Å². The lowest BCUT2D eigenvalue weighted by Crippen LogP contribution is -2.49. The number of carbonyl (C=O) groups is 3. The minimum absolute atomic E-state index is 0.0860. The lowest BCUT2D eigenvalue weighted by molar-refractivity contribution is -0.147. The fraction of sp³-hybridized carbons (Fsp3) is 0.471. The highest BCUT2D eigenvalue weighted by Gasteiger charge is 2.51. The van der Waals surface area contributed by atoms with Crippen LogP contribution < -0.4 is 4.74 Å². The molecule has 0 saturated carbocycles. The van der Waals surface area contributed by atoms with Crippen LogP contribution in [-0.4, -0.2) is 33.0 Å². The number of ether oxygens (including phenoxy) is 2. The van der Waals surface area contributed by atoms with E-state index in [9.17, 15) is 14.4 Å². The average molecular weight is 382 g/mol. The second-order valence-corrected chi connectivity index (χ2v) is 8.38. The zero-order chi connectivity index (χ0) is 19.3. The van der Waals surface area contributed by atoms with E-state index in [1.165, 1.54) is 20.8 Å². The molecule has 0 bridgehead atoms. The second kappa shape index (κ2) is 8.32. The maximum absolute atomic E-state index is 11.5. The molecule has 1 aromatic rings. The van der Waals surface area contributed by atoms with Crippen LogP contribution >= 0.6 is 0 Å². The van der Waals surface area contributed by atoms with Crippen molar-refractivity contribution in [2.24, 2.45) is 0 Å². The van der Waals surface area contributed by atoms with Gasteiger partial charge >= 0.3 is 8.80 Å². The highest BCUT2D eigenvalue weighted by Crippen LogP contribution is 2.28. The molecule has 26 heavy (non-hydrogen) atoms. The van der Waals surface area contributed by atoms with E-state index in [0.29, 0.717) is 13.0 Å². The predicted octanol–water partition coefficient (Wildman–Crippen LogP) is 2.11. The van der Waals surface area contributed by atoms with Crippen LogP contribution in [0.1, 0.15) is 38.8 Å². The Morgan fingerprint density at radius 1 is 1.08 bits per heavy atom. The summed E-state index contributed by atoms with van der Waals surface area (Å²) < 4.78 is 26.5. The number of aryl methyl sites for hydroxylation is 1. The lowest BCUT2D eigenvalue weighted by Gasteiger charge is -2.27. The van der Waals surface area contributed by atoms with E-state index in [4.69, 9.17) is 22.8 Å². The fourth-order valence-electron chi connectivity index (χ4n) is 2.61. The molecule has 0 radical (unpaired) electrons. The van der Waals surface area contributed by atoms with Gasteiger partial charge in [-0.3, -0.25) is 14.4 Å². The molecule has 0 N–H and O–H groups in total. The Morgan fingerprint density at radius 3 is 2.19 bits per heavy atom. The number of hydrogen-bond donors (Lipinski definition) is 0. The third-order valence-electron chi connectivity index (χ3n) is 3.51. The molecule has 1 aliphatic heterocycles. The van der Waals surface area contributed by atoms with E-state index in [-0.39, 0.29) is 12.3 Å². The van der Waals surface area contributed by atoms with Crippen molar-refractivity contribution in [3.63, 3.8) is 0 Å². The Kier molecular flexibility index (Phi) is 6.38. The molecule has 9 heteroatoms. The van der Waals surface area contributed by atoms with Gasteiger partial charge in [-0.05, 0) is 31.0 Å². The molecule has 142 valence electrons. The van der Waals surface area contributed by atoms with Crippen LogP contribution in [0, 0.1) is 0 Å². The van der Waals surface area contributed by atoms with Gasteiger partial charge in [-0.1, -0.05) is 6.07 Å². The molecule has 0 amide bonds. The van der Waals surface area contributed by atoms with Crippen molar-refractivity contribution < 1.29 is 37.1 Å². The minimum Gasteiger partial charge on any atom is -0.465 e. The first-order valence-corrected chi connectivity index (χ1v) is 10.1. The van der Waals surface area contributed by atoms with Crippen LogP contribution in [0.15, 0.2) is 18.2 Å². The summed E-state index contributed by atoms with van der Waals surface area (Å²) >= 11 is 0. The van der Waals surface area contributed by atoms with Gasteiger partial charge in [0, 0.05) is 26.3 Å². The number of benzene rings is 1. The Bertz CT molecular complexity index is 661. The first kappa shape index (κ1) is 19.9. The van der Waals surface area contributed by atoms with E-state index in [0.717, 1.165) is 16.9 Å². The number of rotatable bonds is 6. The maximum Gasteiger partial charge on any atom is 0.705 e. The van der Waals surface area contributed by atoms with Crippen molar-refractivity contribution in [2.75, 3.05) is 0 Å². The van der Waals surface area contributed by atoms with Crippen molar-refractivity contribution in [1.29, 1.82) is 0 Å². The van der Waals surface area contributed by atoms with Gasteiger partial charge in [0.2, 0.25) is 0 Å². The van der Waals surface area contributed by atoms with E-state index < -0.39 is 26.7 Å². The first-order valence-electron chi connectivity index (χ1n) is 8.18. The standard InChI is InChI=1S/C17H22O8Si/c1-11(18)23-26(24-12(2)19,25-13(3)20)8-7-15-5-6-17-16(9-15)10-21-14(4)22-17/h5-6,9,14H,7-8,10H2,1-4H3. The van der Waals surface area contributed by atoms with Gasteiger partial charge in [-0.25, -0.2) is 0 Å². The van der Waals surface area contributed by atoms with E-state index in [1.54, 1.807) is 0 Å². The summed E-state index contributed by atoms with van der Waals surface area (Å²) in [5.41, 5.74) is 1.77. The van der Waals surface area contributed by atoms with Gasteiger partial charge in [0.05, 0.1) is 12.7 Å². The number of carbonyl (C=O) groups excluding carboxylic acids is 3. The van der Waals surface area contributed by atoms with Gasteiger partial charge in [0.15, 0.2) is 6.29 Å². The molecular formula is C17H22O8Si. The molecule has 1 heterocycles. The summed E-state index contributed by atoms with van der Waals surface area (Å²) in [6, 6.07) is 5.67. The zero-order valence-electron chi connectivity index (χ0n) is 15.2. The molecule has 1 atom stereocenters. The Hall–Kier alpha value is -2.39. The van der Waals surface area contributed by atoms with Crippen molar-refractivity contribution in [3.05, 3.63) is 29.3 Å². The fourth-order valence-corrected chi connectivity index (χ4v) is 4.95. The smallest absolute Gasteiger partial charge is 0.465 e. The molecule has 0 saturated heterocycles. The van der Waals surface area contributed by atoms with Gasteiger partial charge in [-0.2, -0.15) is 0 Å². The maximum atomic E-state index is 11.5. The van der Waals surface area contributed by atoms with Gasteiger partial charge in [-0.15, -0.1) is 0 Å². The molecule has 1 aliphatic rings. The zero-order valence-corrected chi connectivity index (χ0v) is 16.2. The molecule has 0 spiro atoms. The molecule has 0 aromatic heterocycles. The van der Waals surface area contributed by atoms with Crippen molar-refractivity contribution in [3.8, 4) is 5.75 Å². The largest absolute Gasteiger partial charge is 0.705 e. The summed E-state index contributed by atoms with van der Waals surface area (Å²) in [6.45, 7) is 5.75. The summed E-state index contributed by atoms with van der Waals surface area (Å²) in [4.78, 5) is 34.4. The molecule has 1 aromatic carbocycles. The number of hydrogen-bond acceptors (Lipinski definition) is 8. The van der Waals surface area contributed by atoms with Crippen molar-refractivity contribution in [2.45, 2.75) is 53.1 Å². The first-order chi connectivity index (χ1) is 12.2. The van der Waals surface area contributed by atoms with Gasteiger partial charge < -0.3 is 22.8 Å². The second-order valence-electron chi connectivity index (χ2n) is 5.90. The third kappa shape index (κ3) is 5.56. The van der Waals surface area contributed by atoms with Crippen LogP contribution in [0.25, 0.3) is 0 Å². The predicted molar refractivity (Wildman–Crippen MR) is 90.9 cm³/mol. The molecule has 1 unspecified atom stereocenters. The van der Waals surface area contributed by atoms with Crippen molar-refractivity contribution in [1.82, 2.24) is 0 Å². The highest BCUT2D eigenvalue weighted by atomic mass is 28.4. The Balaban J connectivity index is 2.18. The Labute approximate surface area is 152 Å². The van der Waals surface area contributed by atoms with E-state index in [1.807, 2.05) is 25.1 Å². The summed E-state index contributed by atoms with van der Waals surface area (Å²) in [5.74, 6) is -1.29. The molecular weight excluding hydrogens is 360 g/mol. The summed E-state index contributed by atoms with van der Waals surface area (Å²) in [5, 5.41) is 0. The number of fused-ring (bicyclic) bond motifs is 1. The molecule has 8 nitrogen and oxygen atoms in total. The van der Waals surface area contributed by atoms with Gasteiger partial charge in [0.1, 0.15) is 5.75 Å². The summed E-state index contributed by atoms with van der Waals surface area (Å²) in [6.07, 6.45) is 0.0772. The monoisotopic (exact) mass is 382 g/mol. The van der Waals surface area contributed by atoms with Crippen molar-refractivity contribution >= 4 is 26.7 Å². The van der Waals surface area contributed by atoms with Crippen LogP contribution in [-0.2, 0) is 45.4 Å². The highest BCUT2D eigenvalue weighted by molar-refractivity contribution is 6.65. The van der Waals surface area contributed by atoms with Gasteiger partial charge in [0.25, 0.3) is 17.9 Å². The van der Waals surface area contributed by atoms with Crippen LogP contribution in [0.4, 0.5) is 0 Å². The normalized spacial score (nSPS) is 16.1. The van der Waals surface area contributed by atoms with E-state index in [2.05, 4.69) is 0 Å². The minimum atomic E-state index is -3.83. The molecule has 0 aliphatic carbocycles. The average Bonchev–Trinajstić information content (AvgIpc) is 2.50. The van der Waals surface area contributed by atoms with E-state index >= 15 is 0 Å². The molecule has 0 fully saturated rings. The lowest BCUT2D eigenvalue weighted by atomic mass is 10.1. The van der Waals surface area contributed by atoms with Crippen LogP contribution in [0.2, 0.25) is 6.04 Å². The third-order valence-corrected chi connectivity index (χ3v) is 6.17. The van der Waals surface area contributed by atoms with Crippen LogP contribution in [0.3, 0.4) is 0 Å². The van der Waals surface area contributed by atoms with Crippen LogP contribution in [0.5, 0.6) is 5.75 Å². The quantitative estimate of drug-likeness (QED) is 0.690. The molecule has 2 rings (SSSR count). The Morgan fingerprint density at radius 2 is 1.65 bits per heavy atom. The summed E-state index contributed by atoms with van der Waals surface area (Å²) in [7, 11) is -3.83.